The number of carboxylic acid groups (broad SMARTS) is 1. The highest BCUT2D eigenvalue weighted by Crippen LogP contribution is 2.16. The van der Waals surface area contributed by atoms with Gasteiger partial charge in [0.25, 0.3) is 0 Å². The molecule has 0 aromatic carbocycles. The molecular formula is C9H16O3. The van der Waals surface area contributed by atoms with Gasteiger partial charge in [-0.15, -0.1) is 0 Å². The maximum atomic E-state index is 11.2. The maximum absolute atomic E-state index is 11.2. The number of aliphatic carboxylic acids is 1. The topological polar surface area (TPSA) is 54.4 Å². The molecule has 0 saturated carbocycles. The predicted molar refractivity (Wildman–Crippen MR) is 45.9 cm³/mol. The van der Waals surface area contributed by atoms with Gasteiger partial charge in [-0.3, -0.25) is 9.59 Å². The van der Waals surface area contributed by atoms with Crippen molar-refractivity contribution >= 4 is 11.8 Å². The average molecular weight is 172 g/mol. The average Bonchev–Trinajstić information content (AvgIpc) is 2.00. The first-order valence-electron chi connectivity index (χ1n) is 4.23. The molecule has 0 amide bonds. The molecule has 1 N–H and O–H groups in total. The van der Waals surface area contributed by atoms with Crippen LogP contribution in [0.5, 0.6) is 0 Å². The van der Waals surface area contributed by atoms with Crippen LogP contribution in [0.4, 0.5) is 0 Å². The van der Waals surface area contributed by atoms with E-state index in [1.165, 1.54) is 0 Å². The van der Waals surface area contributed by atoms with Crippen molar-refractivity contribution in [3.05, 3.63) is 0 Å². The second kappa shape index (κ2) is 4.91. The Balaban J connectivity index is 4.01. The summed E-state index contributed by atoms with van der Waals surface area (Å²) in [5.74, 6) is -1.06. The third kappa shape index (κ3) is 3.51. The van der Waals surface area contributed by atoms with Gasteiger partial charge in [0.05, 0.1) is 0 Å². The van der Waals surface area contributed by atoms with E-state index < -0.39 is 5.97 Å². The minimum Gasteiger partial charge on any atom is -0.481 e. The fourth-order valence-corrected chi connectivity index (χ4v) is 0.981. The predicted octanol–water partition coefficient (Wildman–Crippen LogP) is 1.71. The Hall–Kier alpha value is -0.860. The lowest BCUT2D eigenvalue weighted by Gasteiger charge is -2.15. The number of carbonyl (C=O) groups excluding carboxylic acids is 1. The molecule has 0 bridgehead atoms. The highest BCUT2D eigenvalue weighted by atomic mass is 16.4. The summed E-state index contributed by atoms with van der Waals surface area (Å²) in [5, 5.41) is 8.37. The van der Waals surface area contributed by atoms with Gasteiger partial charge < -0.3 is 5.11 Å². The van der Waals surface area contributed by atoms with Gasteiger partial charge in [-0.2, -0.15) is 0 Å². The van der Waals surface area contributed by atoms with Gasteiger partial charge in [-0.25, -0.2) is 0 Å². The van der Waals surface area contributed by atoms with Crippen LogP contribution in [0.2, 0.25) is 0 Å². The van der Waals surface area contributed by atoms with Crippen LogP contribution in [0.1, 0.15) is 33.6 Å². The molecule has 3 heteroatoms. The summed E-state index contributed by atoms with van der Waals surface area (Å²) < 4.78 is 0. The Morgan fingerprint density at radius 2 is 1.83 bits per heavy atom. The smallest absolute Gasteiger partial charge is 0.310 e. The van der Waals surface area contributed by atoms with E-state index in [4.69, 9.17) is 5.11 Å². The minimum atomic E-state index is -1.03. The Morgan fingerprint density at radius 3 is 2.17 bits per heavy atom. The van der Waals surface area contributed by atoms with Crippen LogP contribution >= 0.6 is 0 Å². The number of carboxylic acids is 1. The molecule has 0 aromatic heterocycles. The zero-order chi connectivity index (χ0) is 9.72. The van der Waals surface area contributed by atoms with Gasteiger partial charge in [0.15, 0.2) is 0 Å². The summed E-state index contributed by atoms with van der Waals surface area (Å²) in [6, 6.07) is 0. The van der Waals surface area contributed by atoms with Crippen molar-refractivity contribution in [2.45, 2.75) is 33.6 Å². The van der Waals surface area contributed by atoms with Crippen molar-refractivity contribution in [1.29, 1.82) is 0 Å². The normalized spacial score (nSPS) is 15.2. The van der Waals surface area contributed by atoms with Gasteiger partial charge >= 0.3 is 5.97 Å². The Morgan fingerprint density at radius 1 is 1.33 bits per heavy atom. The first-order chi connectivity index (χ1) is 5.49. The van der Waals surface area contributed by atoms with E-state index in [1.54, 1.807) is 6.92 Å². The third-order valence-corrected chi connectivity index (χ3v) is 2.33. The van der Waals surface area contributed by atoms with Crippen LogP contribution in [-0.2, 0) is 9.59 Å². The molecule has 0 heterocycles. The van der Waals surface area contributed by atoms with E-state index in [-0.39, 0.29) is 24.0 Å². The monoisotopic (exact) mass is 172 g/mol. The lowest BCUT2D eigenvalue weighted by atomic mass is 9.89. The standard InChI is InChI=1S/C9H16O3/c1-4-6(2)7(3)8(10)5-9(11)12/h6-7H,4-5H2,1-3H3,(H,11,12)/t6-,7-/m1/s1. The first-order valence-corrected chi connectivity index (χ1v) is 4.23. The van der Waals surface area contributed by atoms with E-state index in [0.717, 1.165) is 6.42 Å². The summed E-state index contributed by atoms with van der Waals surface area (Å²) >= 11 is 0. The molecule has 0 spiro atoms. The fraction of sp³-hybridized carbons (Fsp3) is 0.778. The van der Waals surface area contributed by atoms with Crippen LogP contribution < -0.4 is 0 Å². The van der Waals surface area contributed by atoms with Gasteiger partial charge in [-0.05, 0) is 5.92 Å². The molecule has 3 nitrogen and oxygen atoms in total. The molecule has 0 aliphatic heterocycles. The molecule has 0 aliphatic carbocycles. The van der Waals surface area contributed by atoms with Crippen molar-refractivity contribution in [3.8, 4) is 0 Å². The summed E-state index contributed by atoms with van der Waals surface area (Å²) in [6.07, 6.45) is 0.567. The third-order valence-electron chi connectivity index (χ3n) is 2.33. The van der Waals surface area contributed by atoms with E-state index >= 15 is 0 Å². The van der Waals surface area contributed by atoms with Crippen LogP contribution in [0, 0.1) is 11.8 Å². The zero-order valence-electron chi connectivity index (χ0n) is 7.83. The number of Topliss-reactive ketones (excluding diaryl/α,β-unsaturated/α-hetero) is 1. The molecule has 0 radical (unpaired) electrons. The summed E-state index contributed by atoms with van der Waals surface area (Å²) in [5.41, 5.74) is 0. The molecule has 0 aromatic rings. The van der Waals surface area contributed by atoms with Gasteiger partial charge in [0.2, 0.25) is 0 Å². The number of hydrogen-bond acceptors (Lipinski definition) is 2. The van der Waals surface area contributed by atoms with Crippen molar-refractivity contribution < 1.29 is 14.7 Å². The number of hydrogen-bond donors (Lipinski definition) is 1. The first kappa shape index (κ1) is 11.1. The minimum absolute atomic E-state index is 0.133. The van der Waals surface area contributed by atoms with Crippen molar-refractivity contribution in [2.75, 3.05) is 0 Å². The number of carbonyl (C=O) groups is 2. The molecule has 0 rings (SSSR count). The summed E-state index contributed by atoms with van der Waals surface area (Å²) in [7, 11) is 0. The van der Waals surface area contributed by atoms with E-state index in [2.05, 4.69) is 0 Å². The lowest BCUT2D eigenvalue weighted by molar-refractivity contribution is -0.141. The second-order valence-corrected chi connectivity index (χ2v) is 3.21. The van der Waals surface area contributed by atoms with Crippen LogP contribution in [0.3, 0.4) is 0 Å². The Kier molecular flexibility index (Phi) is 4.55. The SMILES string of the molecule is CC[C@@H](C)[C@@H](C)C(=O)CC(=O)O. The summed E-state index contributed by atoms with van der Waals surface area (Å²) in [4.78, 5) is 21.4. The van der Waals surface area contributed by atoms with Crippen molar-refractivity contribution in [1.82, 2.24) is 0 Å². The van der Waals surface area contributed by atoms with Crippen molar-refractivity contribution in [3.63, 3.8) is 0 Å². The highest BCUT2D eigenvalue weighted by molar-refractivity contribution is 5.95. The molecule has 12 heavy (non-hydrogen) atoms. The Labute approximate surface area is 72.8 Å². The molecule has 0 fully saturated rings. The highest BCUT2D eigenvalue weighted by Gasteiger charge is 2.20. The quantitative estimate of drug-likeness (QED) is 0.642. The van der Waals surface area contributed by atoms with E-state index in [1.807, 2.05) is 13.8 Å². The second-order valence-electron chi connectivity index (χ2n) is 3.21. The van der Waals surface area contributed by atoms with Crippen LogP contribution in [0.15, 0.2) is 0 Å². The van der Waals surface area contributed by atoms with Crippen LogP contribution in [0.25, 0.3) is 0 Å². The van der Waals surface area contributed by atoms with E-state index in [0.29, 0.717) is 0 Å². The molecule has 0 saturated heterocycles. The molecular weight excluding hydrogens is 156 g/mol. The molecule has 2 atom stereocenters. The number of ketones is 1. The van der Waals surface area contributed by atoms with Gasteiger partial charge in [0.1, 0.15) is 12.2 Å². The van der Waals surface area contributed by atoms with Gasteiger partial charge in [0, 0.05) is 5.92 Å². The molecule has 0 unspecified atom stereocenters. The van der Waals surface area contributed by atoms with E-state index in [9.17, 15) is 9.59 Å². The molecule has 70 valence electrons. The fourth-order valence-electron chi connectivity index (χ4n) is 0.981. The van der Waals surface area contributed by atoms with Crippen LogP contribution in [-0.4, -0.2) is 16.9 Å². The maximum Gasteiger partial charge on any atom is 0.310 e. The Bertz CT molecular complexity index is 175. The van der Waals surface area contributed by atoms with Gasteiger partial charge in [-0.1, -0.05) is 27.2 Å². The van der Waals surface area contributed by atoms with Crippen molar-refractivity contribution in [2.24, 2.45) is 11.8 Å². The molecule has 0 aliphatic rings. The lowest BCUT2D eigenvalue weighted by Crippen LogP contribution is -2.20. The number of rotatable bonds is 5. The summed E-state index contributed by atoms with van der Waals surface area (Å²) in [6.45, 7) is 5.75. The largest absolute Gasteiger partial charge is 0.481 e. The zero-order valence-corrected chi connectivity index (χ0v) is 7.83.